The van der Waals surface area contributed by atoms with E-state index in [1.165, 1.54) is 24.3 Å². The molecular formula is C26H31FN4O3. The van der Waals surface area contributed by atoms with Gasteiger partial charge in [0.05, 0.1) is 25.3 Å². The predicted octanol–water partition coefficient (Wildman–Crippen LogP) is 3.83. The molecule has 2 heterocycles. The first-order valence-corrected chi connectivity index (χ1v) is 11.5. The van der Waals surface area contributed by atoms with E-state index < -0.39 is 0 Å². The van der Waals surface area contributed by atoms with E-state index >= 15 is 0 Å². The van der Waals surface area contributed by atoms with Crippen LogP contribution < -0.4 is 4.90 Å². The molecule has 1 aromatic heterocycles. The molecule has 0 spiro atoms. The molecule has 1 fully saturated rings. The molecule has 0 aliphatic carbocycles. The number of morpholine rings is 1. The number of ether oxygens (including phenoxy) is 1. The second kappa shape index (κ2) is 10.8. The maximum atomic E-state index is 13.5. The van der Waals surface area contributed by atoms with Crippen molar-refractivity contribution < 1.29 is 18.4 Å². The van der Waals surface area contributed by atoms with Gasteiger partial charge in [0, 0.05) is 37.3 Å². The van der Waals surface area contributed by atoms with Crippen molar-refractivity contribution in [3.63, 3.8) is 0 Å². The summed E-state index contributed by atoms with van der Waals surface area (Å²) in [4.78, 5) is 19.4. The summed E-state index contributed by atoms with van der Waals surface area (Å²) in [7, 11) is 3.94. The number of carbonyl (C=O) groups excluding carboxylic acids is 1. The molecule has 1 amide bonds. The number of amides is 1. The lowest BCUT2D eigenvalue weighted by molar-refractivity contribution is 0.0731. The molecule has 0 atom stereocenters. The fraction of sp³-hybridized carbons (Fsp3) is 0.385. The summed E-state index contributed by atoms with van der Waals surface area (Å²) >= 11 is 0. The van der Waals surface area contributed by atoms with Crippen LogP contribution in [0.15, 0.2) is 53.1 Å². The maximum Gasteiger partial charge on any atom is 0.254 e. The van der Waals surface area contributed by atoms with Crippen LogP contribution in [0.3, 0.4) is 0 Å². The Morgan fingerprint density at radius 1 is 1.09 bits per heavy atom. The summed E-state index contributed by atoms with van der Waals surface area (Å²) in [6, 6.07) is 13.8. The van der Waals surface area contributed by atoms with E-state index in [-0.39, 0.29) is 11.7 Å². The van der Waals surface area contributed by atoms with E-state index in [4.69, 9.17) is 9.26 Å². The number of anilines is 1. The normalized spacial score (nSPS) is 14.0. The summed E-state index contributed by atoms with van der Waals surface area (Å²) in [6.07, 6.45) is 0. The Bertz CT molecular complexity index is 1110. The van der Waals surface area contributed by atoms with Crippen molar-refractivity contribution in [2.45, 2.75) is 13.5 Å². The Labute approximate surface area is 199 Å². The van der Waals surface area contributed by atoms with E-state index in [9.17, 15) is 9.18 Å². The highest BCUT2D eigenvalue weighted by atomic mass is 19.1. The number of aryl methyl sites for hydroxylation is 1. The Kier molecular flexibility index (Phi) is 7.59. The lowest BCUT2D eigenvalue weighted by atomic mass is 10.0. The largest absolute Gasteiger partial charge is 0.378 e. The zero-order valence-corrected chi connectivity index (χ0v) is 20.0. The van der Waals surface area contributed by atoms with Gasteiger partial charge in [-0.2, -0.15) is 0 Å². The van der Waals surface area contributed by atoms with Gasteiger partial charge < -0.3 is 24.0 Å². The fourth-order valence-corrected chi connectivity index (χ4v) is 4.02. The molecule has 0 unspecified atom stereocenters. The molecule has 8 heteroatoms. The number of hydrogen-bond acceptors (Lipinski definition) is 6. The van der Waals surface area contributed by atoms with Crippen LogP contribution in [-0.2, 0) is 11.3 Å². The van der Waals surface area contributed by atoms with Crippen LogP contribution in [0, 0.1) is 12.7 Å². The highest BCUT2D eigenvalue weighted by molar-refractivity contribution is 5.94. The first-order chi connectivity index (χ1) is 16.4. The second-order valence-corrected chi connectivity index (χ2v) is 8.82. The number of likely N-dealkylation sites (N-methyl/N-ethyl adjacent to an activating group) is 1. The predicted molar refractivity (Wildman–Crippen MR) is 129 cm³/mol. The van der Waals surface area contributed by atoms with Crippen LogP contribution in [0.1, 0.15) is 21.5 Å². The average molecular weight is 467 g/mol. The van der Waals surface area contributed by atoms with Gasteiger partial charge in [0.2, 0.25) is 5.88 Å². The van der Waals surface area contributed by atoms with Gasteiger partial charge in [0.1, 0.15) is 11.5 Å². The standard InChI is InChI=1S/C26H31FN4O3/c1-19-5-4-6-21(17-19)24-23(26(34-28-24)30-13-15-33-16-14-30)18-31(12-11-29(2)3)25(32)20-7-9-22(27)10-8-20/h4-10,17H,11-16,18H2,1-3H3. The number of rotatable bonds is 8. The van der Waals surface area contributed by atoms with Gasteiger partial charge in [0.15, 0.2) is 0 Å². The third-order valence-corrected chi connectivity index (χ3v) is 5.90. The summed E-state index contributed by atoms with van der Waals surface area (Å²) < 4.78 is 24.9. The van der Waals surface area contributed by atoms with Gasteiger partial charge in [-0.25, -0.2) is 4.39 Å². The Morgan fingerprint density at radius 3 is 2.50 bits per heavy atom. The quantitative estimate of drug-likeness (QED) is 0.503. The van der Waals surface area contributed by atoms with Crippen LogP contribution in [0.25, 0.3) is 11.3 Å². The highest BCUT2D eigenvalue weighted by Crippen LogP contribution is 2.33. The van der Waals surface area contributed by atoms with Crippen LogP contribution in [0.4, 0.5) is 10.3 Å². The van der Waals surface area contributed by atoms with Crippen molar-refractivity contribution in [2.24, 2.45) is 0 Å². The number of benzene rings is 2. The zero-order chi connectivity index (χ0) is 24.1. The van der Waals surface area contributed by atoms with Gasteiger partial charge in [0.25, 0.3) is 5.91 Å². The van der Waals surface area contributed by atoms with Crippen molar-refractivity contribution in [2.75, 3.05) is 58.4 Å². The van der Waals surface area contributed by atoms with Crippen molar-refractivity contribution in [3.05, 3.63) is 71.0 Å². The minimum absolute atomic E-state index is 0.161. The van der Waals surface area contributed by atoms with Crippen molar-refractivity contribution in [1.82, 2.24) is 15.0 Å². The van der Waals surface area contributed by atoms with Gasteiger partial charge in [-0.1, -0.05) is 28.9 Å². The molecule has 34 heavy (non-hydrogen) atoms. The number of aromatic nitrogens is 1. The van der Waals surface area contributed by atoms with Gasteiger partial charge in [-0.3, -0.25) is 4.79 Å². The monoisotopic (exact) mass is 466 g/mol. The maximum absolute atomic E-state index is 13.5. The van der Waals surface area contributed by atoms with Crippen LogP contribution in [0.5, 0.6) is 0 Å². The summed E-state index contributed by atoms with van der Waals surface area (Å²) in [5, 5.41) is 4.44. The molecular weight excluding hydrogens is 435 g/mol. The molecule has 0 saturated carbocycles. The fourth-order valence-electron chi connectivity index (χ4n) is 4.02. The van der Waals surface area contributed by atoms with Crippen LogP contribution >= 0.6 is 0 Å². The minimum Gasteiger partial charge on any atom is -0.378 e. The molecule has 1 aliphatic heterocycles. The molecule has 2 aromatic carbocycles. The van der Waals surface area contributed by atoms with Gasteiger partial charge in [-0.15, -0.1) is 0 Å². The third kappa shape index (κ3) is 5.63. The highest BCUT2D eigenvalue weighted by Gasteiger charge is 2.27. The van der Waals surface area contributed by atoms with Crippen LogP contribution in [-0.4, -0.2) is 74.4 Å². The SMILES string of the molecule is Cc1cccc(-c2noc(N3CCOCC3)c2CN(CCN(C)C)C(=O)c2ccc(F)cc2)c1. The Morgan fingerprint density at radius 2 is 1.82 bits per heavy atom. The van der Waals surface area contributed by atoms with E-state index in [1.54, 1.807) is 4.90 Å². The van der Waals surface area contributed by atoms with E-state index in [1.807, 2.05) is 44.1 Å². The van der Waals surface area contributed by atoms with E-state index in [0.29, 0.717) is 57.4 Å². The van der Waals surface area contributed by atoms with Crippen molar-refractivity contribution in [1.29, 1.82) is 0 Å². The lowest BCUT2D eigenvalue weighted by Gasteiger charge is -2.29. The summed E-state index contributed by atoms with van der Waals surface area (Å²) in [5.74, 6) is 0.138. The zero-order valence-electron chi connectivity index (χ0n) is 20.0. The number of carbonyl (C=O) groups is 1. The lowest BCUT2D eigenvalue weighted by Crippen LogP contribution is -2.38. The minimum atomic E-state index is -0.369. The summed E-state index contributed by atoms with van der Waals surface area (Å²) in [6.45, 7) is 6.15. The van der Waals surface area contributed by atoms with Crippen molar-refractivity contribution >= 4 is 11.8 Å². The number of halogens is 1. The van der Waals surface area contributed by atoms with E-state index in [2.05, 4.69) is 16.1 Å². The molecule has 180 valence electrons. The average Bonchev–Trinajstić information content (AvgIpc) is 3.26. The molecule has 0 bridgehead atoms. The Hall–Kier alpha value is -3.23. The molecule has 4 rings (SSSR count). The van der Waals surface area contributed by atoms with Gasteiger partial charge >= 0.3 is 0 Å². The summed E-state index contributed by atoms with van der Waals surface area (Å²) in [5.41, 5.74) is 4.10. The Balaban J connectivity index is 1.72. The van der Waals surface area contributed by atoms with Crippen LogP contribution in [0.2, 0.25) is 0 Å². The molecule has 3 aromatic rings. The van der Waals surface area contributed by atoms with Gasteiger partial charge in [-0.05, 0) is 51.4 Å². The third-order valence-electron chi connectivity index (χ3n) is 5.90. The first kappa shape index (κ1) is 23.9. The second-order valence-electron chi connectivity index (χ2n) is 8.82. The van der Waals surface area contributed by atoms with Crippen molar-refractivity contribution in [3.8, 4) is 11.3 Å². The molecule has 7 nitrogen and oxygen atoms in total. The first-order valence-electron chi connectivity index (χ1n) is 11.5. The number of hydrogen-bond donors (Lipinski definition) is 0. The smallest absolute Gasteiger partial charge is 0.254 e. The molecule has 0 N–H and O–H groups in total. The molecule has 1 aliphatic rings. The van der Waals surface area contributed by atoms with E-state index in [0.717, 1.165) is 22.4 Å². The topological polar surface area (TPSA) is 62.1 Å². The molecule has 0 radical (unpaired) electrons. The molecule has 1 saturated heterocycles. The number of nitrogens with zero attached hydrogens (tertiary/aromatic N) is 4.